The maximum absolute atomic E-state index is 11.9. The molecule has 1 fully saturated rings. The van der Waals surface area contributed by atoms with Crippen LogP contribution in [0.2, 0.25) is 0 Å². The second kappa shape index (κ2) is 5.00. The monoisotopic (exact) mass is 223 g/mol. The highest BCUT2D eigenvalue weighted by molar-refractivity contribution is 5.79. The Morgan fingerprint density at radius 1 is 1.50 bits per heavy atom. The molecule has 2 N–H and O–H groups in total. The lowest BCUT2D eigenvalue weighted by Gasteiger charge is -2.17. The number of allylic oxidation sites excluding steroid dienone is 2. The molecule has 2 aliphatic rings. The Hall–Kier alpha value is -0.830. The van der Waals surface area contributed by atoms with Crippen LogP contribution in [0.3, 0.4) is 0 Å². The standard InChI is InChI=1S/C13H21NO2/c1-9(15)3-2-6-14-13(16)12-8-10-4-5-11(12)7-10/h4-5,9-12,15H,2-3,6-8H2,1H3,(H,14,16). The van der Waals surface area contributed by atoms with Crippen molar-refractivity contribution in [1.82, 2.24) is 5.32 Å². The molecule has 1 amide bonds. The third-order valence-electron chi connectivity index (χ3n) is 3.71. The number of amides is 1. The molecule has 1 saturated carbocycles. The third-order valence-corrected chi connectivity index (χ3v) is 3.71. The summed E-state index contributed by atoms with van der Waals surface area (Å²) in [6, 6.07) is 0. The Morgan fingerprint density at radius 2 is 2.31 bits per heavy atom. The molecule has 2 bridgehead atoms. The van der Waals surface area contributed by atoms with E-state index in [9.17, 15) is 4.79 Å². The quantitative estimate of drug-likeness (QED) is 0.548. The molecule has 2 aliphatic carbocycles. The van der Waals surface area contributed by atoms with Crippen LogP contribution in [-0.4, -0.2) is 23.7 Å². The molecule has 16 heavy (non-hydrogen) atoms. The molecule has 4 unspecified atom stereocenters. The van der Waals surface area contributed by atoms with E-state index < -0.39 is 0 Å². The number of nitrogens with one attached hydrogen (secondary N) is 1. The summed E-state index contributed by atoms with van der Waals surface area (Å²) in [4.78, 5) is 11.9. The fourth-order valence-corrected chi connectivity index (χ4v) is 2.82. The highest BCUT2D eigenvalue weighted by atomic mass is 16.3. The Morgan fingerprint density at radius 3 is 2.88 bits per heavy atom. The van der Waals surface area contributed by atoms with Crippen molar-refractivity contribution in [3.63, 3.8) is 0 Å². The summed E-state index contributed by atoms with van der Waals surface area (Å²) in [5.74, 6) is 1.56. The summed E-state index contributed by atoms with van der Waals surface area (Å²) in [7, 11) is 0. The molecule has 0 aromatic carbocycles. The molecule has 0 aromatic heterocycles. The van der Waals surface area contributed by atoms with Gasteiger partial charge in [0.1, 0.15) is 0 Å². The van der Waals surface area contributed by atoms with E-state index in [2.05, 4.69) is 17.5 Å². The summed E-state index contributed by atoms with van der Waals surface area (Å²) < 4.78 is 0. The largest absolute Gasteiger partial charge is 0.393 e. The van der Waals surface area contributed by atoms with Crippen molar-refractivity contribution >= 4 is 5.91 Å². The molecular weight excluding hydrogens is 202 g/mol. The molecule has 90 valence electrons. The van der Waals surface area contributed by atoms with Crippen LogP contribution in [0.4, 0.5) is 0 Å². The van der Waals surface area contributed by atoms with E-state index in [0.29, 0.717) is 18.4 Å². The molecule has 0 aromatic rings. The highest BCUT2D eigenvalue weighted by Crippen LogP contribution is 2.43. The molecule has 4 atom stereocenters. The van der Waals surface area contributed by atoms with Crippen molar-refractivity contribution in [3.05, 3.63) is 12.2 Å². The molecular formula is C13H21NO2. The summed E-state index contributed by atoms with van der Waals surface area (Å²) >= 11 is 0. The van der Waals surface area contributed by atoms with E-state index in [0.717, 1.165) is 19.3 Å². The van der Waals surface area contributed by atoms with E-state index in [4.69, 9.17) is 5.11 Å². The average Bonchev–Trinajstić information content (AvgIpc) is 2.85. The maximum Gasteiger partial charge on any atom is 0.223 e. The van der Waals surface area contributed by atoms with Crippen LogP contribution >= 0.6 is 0 Å². The van der Waals surface area contributed by atoms with Crippen molar-refractivity contribution < 1.29 is 9.90 Å². The van der Waals surface area contributed by atoms with Gasteiger partial charge in [-0.3, -0.25) is 4.79 Å². The minimum atomic E-state index is -0.262. The smallest absolute Gasteiger partial charge is 0.223 e. The zero-order chi connectivity index (χ0) is 11.5. The fourth-order valence-electron chi connectivity index (χ4n) is 2.82. The number of rotatable bonds is 5. The third kappa shape index (κ3) is 2.64. The molecule has 0 spiro atoms. The van der Waals surface area contributed by atoms with Crippen LogP contribution in [-0.2, 0) is 4.79 Å². The van der Waals surface area contributed by atoms with Crippen molar-refractivity contribution in [2.45, 2.75) is 38.7 Å². The number of aliphatic hydroxyl groups excluding tert-OH is 1. The molecule has 3 nitrogen and oxygen atoms in total. The molecule has 2 rings (SSSR count). The summed E-state index contributed by atoms with van der Waals surface area (Å²) in [5, 5.41) is 12.1. The zero-order valence-corrected chi connectivity index (χ0v) is 9.86. The minimum Gasteiger partial charge on any atom is -0.393 e. The molecule has 0 aliphatic heterocycles. The van der Waals surface area contributed by atoms with Crippen molar-refractivity contribution in [3.8, 4) is 0 Å². The van der Waals surface area contributed by atoms with Gasteiger partial charge in [-0.2, -0.15) is 0 Å². The van der Waals surface area contributed by atoms with E-state index in [-0.39, 0.29) is 17.9 Å². The Labute approximate surface area is 96.9 Å². The molecule has 3 heteroatoms. The number of fused-ring (bicyclic) bond motifs is 2. The van der Waals surface area contributed by atoms with Crippen LogP contribution in [0.5, 0.6) is 0 Å². The average molecular weight is 223 g/mol. The van der Waals surface area contributed by atoms with Gasteiger partial charge in [0.15, 0.2) is 0 Å². The summed E-state index contributed by atoms with van der Waals surface area (Å²) in [6.07, 6.45) is 8.02. The van der Waals surface area contributed by atoms with Gasteiger partial charge in [-0.1, -0.05) is 12.2 Å². The van der Waals surface area contributed by atoms with Crippen molar-refractivity contribution in [1.29, 1.82) is 0 Å². The minimum absolute atomic E-state index is 0.210. The first-order valence-corrected chi connectivity index (χ1v) is 6.31. The van der Waals surface area contributed by atoms with Crippen LogP contribution in [0, 0.1) is 17.8 Å². The van der Waals surface area contributed by atoms with Crippen LogP contribution in [0.1, 0.15) is 32.6 Å². The zero-order valence-electron chi connectivity index (χ0n) is 9.86. The SMILES string of the molecule is CC(O)CCCNC(=O)C1CC2C=CC1C2. The van der Waals surface area contributed by atoms with E-state index in [1.807, 2.05) is 0 Å². The number of aliphatic hydroxyl groups is 1. The van der Waals surface area contributed by atoms with Gasteiger partial charge in [0.2, 0.25) is 5.91 Å². The van der Waals surface area contributed by atoms with Crippen molar-refractivity contribution in [2.24, 2.45) is 17.8 Å². The van der Waals surface area contributed by atoms with E-state index >= 15 is 0 Å². The lowest BCUT2D eigenvalue weighted by atomic mass is 9.93. The summed E-state index contributed by atoms with van der Waals surface area (Å²) in [5.41, 5.74) is 0. The predicted molar refractivity (Wildman–Crippen MR) is 62.8 cm³/mol. The summed E-state index contributed by atoms with van der Waals surface area (Å²) in [6.45, 7) is 2.48. The molecule has 0 saturated heterocycles. The Kier molecular flexibility index (Phi) is 3.64. The van der Waals surface area contributed by atoms with Crippen LogP contribution in [0.25, 0.3) is 0 Å². The van der Waals surface area contributed by atoms with E-state index in [1.165, 1.54) is 6.42 Å². The van der Waals surface area contributed by atoms with Gasteiger partial charge in [0, 0.05) is 12.5 Å². The lowest BCUT2D eigenvalue weighted by Crippen LogP contribution is -2.33. The second-order valence-corrected chi connectivity index (χ2v) is 5.17. The first-order chi connectivity index (χ1) is 7.66. The number of carbonyl (C=O) groups is 1. The second-order valence-electron chi connectivity index (χ2n) is 5.17. The van der Waals surface area contributed by atoms with Crippen LogP contribution in [0.15, 0.2) is 12.2 Å². The number of hydrogen-bond donors (Lipinski definition) is 2. The predicted octanol–water partition coefficient (Wildman–Crippen LogP) is 1.48. The normalized spacial score (nSPS) is 33.0. The Bertz CT molecular complexity index is 286. The van der Waals surface area contributed by atoms with Gasteiger partial charge in [0.05, 0.1) is 6.10 Å². The molecule has 0 radical (unpaired) electrons. The van der Waals surface area contributed by atoms with E-state index in [1.54, 1.807) is 6.92 Å². The van der Waals surface area contributed by atoms with Gasteiger partial charge in [-0.05, 0) is 44.4 Å². The first kappa shape index (κ1) is 11.6. The van der Waals surface area contributed by atoms with Gasteiger partial charge >= 0.3 is 0 Å². The van der Waals surface area contributed by atoms with Crippen LogP contribution < -0.4 is 5.32 Å². The molecule has 0 heterocycles. The van der Waals surface area contributed by atoms with Gasteiger partial charge in [-0.25, -0.2) is 0 Å². The van der Waals surface area contributed by atoms with Gasteiger partial charge in [0.25, 0.3) is 0 Å². The Balaban J connectivity index is 1.67. The number of carbonyl (C=O) groups excluding carboxylic acids is 1. The topological polar surface area (TPSA) is 49.3 Å². The van der Waals surface area contributed by atoms with Crippen molar-refractivity contribution in [2.75, 3.05) is 6.54 Å². The fraction of sp³-hybridized carbons (Fsp3) is 0.769. The van der Waals surface area contributed by atoms with Gasteiger partial charge < -0.3 is 10.4 Å². The number of hydrogen-bond acceptors (Lipinski definition) is 2. The van der Waals surface area contributed by atoms with Gasteiger partial charge in [-0.15, -0.1) is 0 Å². The highest BCUT2D eigenvalue weighted by Gasteiger charge is 2.39. The maximum atomic E-state index is 11.9. The lowest BCUT2D eigenvalue weighted by molar-refractivity contribution is -0.125. The first-order valence-electron chi connectivity index (χ1n) is 6.31.